The lowest BCUT2D eigenvalue weighted by atomic mass is 9.59. The van der Waals surface area contributed by atoms with Crippen LogP contribution >= 0.6 is 0 Å². The number of ketones is 1. The number of carbonyl (C=O) groups is 1. The van der Waals surface area contributed by atoms with Crippen LogP contribution < -0.4 is 0 Å². The Morgan fingerprint density at radius 2 is 1.29 bits per heavy atom. The summed E-state index contributed by atoms with van der Waals surface area (Å²) >= 11 is 0. The Morgan fingerprint density at radius 3 is 1.83 bits per heavy atom. The van der Waals surface area contributed by atoms with Crippen molar-refractivity contribution in [1.82, 2.24) is 0 Å². The van der Waals surface area contributed by atoms with Crippen LogP contribution in [-0.2, 0) is 15.7 Å². The normalized spacial score (nSPS) is 18.1. The summed E-state index contributed by atoms with van der Waals surface area (Å²) in [7, 11) is -0.645. The number of hydrogen-bond acceptors (Lipinski definition) is 3. The number of carbonyl (C=O) groups excluding carboxylic acids is 1. The van der Waals surface area contributed by atoms with Gasteiger partial charge in [0.05, 0.1) is 11.2 Å². The zero-order valence-corrected chi connectivity index (χ0v) is 21.5. The van der Waals surface area contributed by atoms with E-state index in [1.807, 2.05) is 95.3 Å². The van der Waals surface area contributed by atoms with Gasteiger partial charge in [-0.2, -0.15) is 0 Å². The average Bonchev–Trinajstić information content (AvgIpc) is 3.09. The van der Waals surface area contributed by atoms with Crippen LogP contribution in [0.3, 0.4) is 0 Å². The van der Waals surface area contributed by atoms with E-state index in [0.717, 1.165) is 17.5 Å². The number of aryl methyl sites for hydroxylation is 1. The fourth-order valence-corrected chi connectivity index (χ4v) is 4.47. The third-order valence-corrected chi connectivity index (χ3v) is 7.76. The molecule has 1 heterocycles. The van der Waals surface area contributed by atoms with Crippen molar-refractivity contribution in [3.05, 3.63) is 108 Å². The first-order valence-corrected chi connectivity index (χ1v) is 12.3. The van der Waals surface area contributed by atoms with Crippen LogP contribution in [0.15, 0.2) is 97.0 Å². The molecule has 1 fully saturated rings. The van der Waals surface area contributed by atoms with Crippen LogP contribution in [0.5, 0.6) is 0 Å². The van der Waals surface area contributed by atoms with Gasteiger partial charge < -0.3 is 9.31 Å². The molecule has 1 saturated heterocycles. The fourth-order valence-electron chi connectivity index (χ4n) is 4.47. The van der Waals surface area contributed by atoms with Crippen molar-refractivity contribution < 1.29 is 14.1 Å². The molecule has 0 amide bonds. The maximum atomic E-state index is 14.1. The van der Waals surface area contributed by atoms with E-state index < -0.39 is 23.7 Å². The minimum atomic E-state index is -0.856. The highest BCUT2D eigenvalue weighted by Crippen LogP contribution is 2.44. The predicted octanol–water partition coefficient (Wildman–Crippen LogP) is 7.36. The Kier molecular flexibility index (Phi) is 6.90. The Hall–Kier alpha value is -2.95. The molecule has 3 aromatic carbocycles. The summed E-state index contributed by atoms with van der Waals surface area (Å²) in [6.07, 6.45) is 1.36. The van der Waals surface area contributed by atoms with Crippen LogP contribution in [-0.4, -0.2) is 24.1 Å². The standard InChI is InChI=1S/C31H35BO3/c1-23(32-34-29(2,3)30(4,5)35-32)31(6,22-21-24-13-9-7-10-14-24)28(33)27-19-17-26(18-20-27)25-15-11-8-12-16-25/h7-20H,1,21-22H2,2-6H3/t31-/m1/s1. The van der Waals surface area contributed by atoms with Crippen molar-refractivity contribution in [2.24, 2.45) is 5.41 Å². The zero-order valence-electron chi connectivity index (χ0n) is 21.5. The van der Waals surface area contributed by atoms with Crippen molar-refractivity contribution in [3.63, 3.8) is 0 Å². The Morgan fingerprint density at radius 1 is 0.800 bits per heavy atom. The minimum Gasteiger partial charge on any atom is -0.400 e. The molecule has 4 heteroatoms. The summed E-state index contributed by atoms with van der Waals surface area (Å²) in [5, 5.41) is 0. The highest BCUT2D eigenvalue weighted by molar-refractivity contribution is 6.55. The average molecular weight is 466 g/mol. The second-order valence-electron chi connectivity index (χ2n) is 10.7. The van der Waals surface area contributed by atoms with E-state index in [2.05, 4.69) is 30.8 Å². The summed E-state index contributed by atoms with van der Waals surface area (Å²) in [4.78, 5) is 14.1. The molecule has 0 aliphatic carbocycles. The highest BCUT2D eigenvalue weighted by atomic mass is 16.7. The van der Waals surface area contributed by atoms with E-state index in [9.17, 15) is 4.79 Å². The van der Waals surface area contributed by atoms with Crippen LogP contribution in [0.2, 0.25) is 0 Å². The minimum absolute atomic E-state index is 0.0350. The Labute approximate surface area is 210 Å². The van der Waals surface area contributed by atoms with E-state index in [1.54, 1.807) is 0 Å². The smallest absolute Gasteiger partial charge is 0.400 e. The molecule has 1 aliphatic heterocycles. The maximum absolute atomic E-state index is 14.1. The second kappa shape index (κ2) is 9.60. The molecule has 0 spiro atoms. The lowest BCUT2D eigenvalue weighted by Crippen LogP contribution is -2.41. The van der Waals surface area contributed by atoms with Crippen molar-refractivity contribution >= 4 is 12.9 Å². The summed E-state index contributed by atoms with van der Waals surface area (Å²) in [6.45, 7) is 14.5. The van der Waals surface area contributed by atoms with Gasteiger partial charge in [0, 0.05) is 11.0 Å². The third-order valence-electron chi connectivity index (χ3n) is 7.76. The van der Waals surface area contributed by atoms with Crippen molar-refractivity contribution in [2.75, 3.05) is 0 Å². The fraction of sp³-hybridized carbons (Fsp3) is 0.323. The number of rotatable bonds is 8. The largest absolute Gasteiger partial charge is 0.490 e. The predicted molar refractivity (Wildman–Crippen MR) is 144 cm³/mol. The zero-order chi connectivity index (χ0) is 25.3. The van der Waals surface area contributed by atoms with Crippen LogP contribution in [0, 0.1) is 5.41 Å². The maximum Gasteiger partial charge on any atom is 0.490 e. The number of benzene rings is 3. The van der Waals surface area contributed by atoms with Gasteiger partial charge in [-0.05, 0) is 69.6 Å². The van der Waals surface area contributed by atoms with Gasteiger partial charge in [0.1, 0.15) is 0 Å². The van der Waals surface area contributed by atoms with E-state index in [4.69, 9.17) is 9.31 Å². The number of hydrogen-bond donors (Lipinski definition) is 0. The van der Waals surface area contributed by atoms with Gasteiger partial charge in [0.15, 0.2) is 5.78 Å². The monoisotopic (exact) mass is 466 g/mol. The third kappa shape index (κ3) is 5.05. The van der Waals surface area contributed by atoms with Gasteiger partial charge in [-0.15, -0.1) is 6.58 Å². The van der Waals surface area contributed by atoms with Crippen LogP contribution in [0.25, 0.3) is 11.1 Å². The molecular weight excluding hydrogens is 431 g/mol. The van der Waals surface area contributed by atoms with Crippen molar-refractivity contribution in [1.29, 1.82) is 0 Å². The van der Waals surface area contributed by atoms with Crippen molar-refractivity contribution in [3.8, 4) is 11.1 Å². The molecule has 0 unspecified atom stereocenters. The molecule has 4 rings (SSSR count). The molecule has 0 aromatic heterocycles. The van der Waals surface area contributed by atoms with E-state index in [0.29, 0.717) is 17.5 Å². The number of Topliss-reactive ketones (excluding diaryl/α,β-unsaturated/α-hetero) is 1. The molecule has 3 aromatic rings. The van der Waals surface area contributed by atoms with Gasteiger partial charge >= 0.3 is 7.12 Å². The lowest BCUT2D eigenvalue weighted by molar-refractivity contribution is 0.00578. The first kappa shape index (κ1) is 25.2. The molecule has 1 atom stereocenters. The number of allylic oxidation sites excluding steroid dienone is 1. The van der Waals surface area contributed by atoms with Crippen LogP contribution in [0.4, 0.5) is 0 Å². The van der Waals surface area contributed by atoms with Gasteiger partial charge in [0.2, 0.25) is 0 Å². The molecule has 35 heavy (non-hydrogen) atoms. The summed E-state index contributed by atoms with van der Waals surface area (Å²) < 4.78 is 12.6. The first-order valence-electron chi connectivity index (χ1n) is 12.3. The Bertz CT molecular complexity index is 1170. The topological polar surface area (TPSA) is 35.5 Å². The quantitative estimate of drug-likeness (QED) is 0.257. The molecule has 0 bridgehead atoms. The summed E-state index contributed by atoms with van der Waals surface area (Å²) in [5.41, 5.74) is 2.88. The van der Waals surface area contributed by atoms with E-state index in [-0.39, 0.29) is 5.78 Å². The molecule has 3 nitrogen and oxygen atoms in total. The molecule has 0 radical (unpaired) electrons. The van der Waals surface area contributed by atoms with Gasteiger partial charge in [0.25, 0.3) is 0 Å². The molecular formula is C31H35BO3. The van der Waals surface area contributed by atoms with E-state index in [1.165, 1.54) is 5.56 Å². The summed E-state index contributed by atoms with van der Waals surface area (Å²) in [5.74, 6) is 0.0350. The molecule has 0 saturated carbocycles. The van der Waals surface area contributed by atoms with Gasteiger partial charge in [-0.3, -0.25) is 4.79 Å². The molecule has 0 N–H and O–H groups in total. The van der Waals surface area contributed by atoms with Crippen molar-refractivity contribution in [2.45, 2.75) is 58.7 Å². The highest BCUT2D eigenvalue weighted by Gasteiger charge is 2.55. The van der Waals surface area contributed by atoms with Gasteiger partial charge in [-0.25, -0.2) is 0 Å². The molecule has 1 aliphatic rings. The Balaban J connectivity index is 1.64. The second-order valence-corrected chi connectivity index (χ2v) is 10.7. The van der Waals surface area contributed by atoms with E-state index >= 15 is 0 Å². The first-order chi connectivity index (χ1) is 16.5. The molecule has 180 valence electrons. The lowest BCUT2D eigenvalue weighted by Gasteiger charge is -2.32. The summed E-state index contributed by atoms with van der Waals surface area (Å²) in [6, 6.07) is 28.3. The van der Waals surface area contributed by atoms with Crippen LogP contribution in [0.1, 0.15) is 57.0 Å². The SMILES string of the molecule is C=C(B1OC(C)(C)C(C)(C)O1)[C@@](C)(CCc1ccccc1)C(=O)c1ccc(-c2ccccc2)cc1. The van der Waals surface area contributed by atoms with Gasteiger partial charge in [-0.1, -0.05) is 84.9 Å².